The van der Waals surface area contributed by atoms with Crippen LogP contribution in [0, 0.1) is 12.8 Å². The molecule has 1 aromatic heterocycles. The van der Waals surface area contributed by atoms with E-state index in [1.54, 1.807) is 17.5 Å². The Kier molecular flexibility index (Phi) is 6.07. The van der Waals surface area contributed by atoms with Crippen molar-refractivity contribution in [2.24, 2.45) is 5.92 Å². The molecule has 0 radical (unpaired) electrons. The van der Waals surface area contributed by atoms with Crippen LogP contribution in [-0.4, -0.2) is 28.8 Å². The maximum absolute atomic E-state index is 11.6. The molecule has 0 unspecified atom stereocenters. The molecule has 0 aliphatic carbocycles. The first kappa shape index (κ1) is 14.9. The lowest BCUT2D eigenvalue weighted by atomic mass is 10.0. The fourth-order valence-electron chi connectivity index (χ4n) is 1.64. The third kappa shape index (κ3) is 5.46. The summed E-state index contributed by atoms with van der Waals surface area (Å²) in [5.74, 6) is 0.437. The second kappa shape index (κ2) is 7.33. The van der Waals surface area contributed by atoms with Gasteiger partial charge in [0.25, 0.3) is 0 Å². The number of carbonyl (C=O) groups is 1. The molecule has 1 rings (SSSR count). The number of hydrogen-bond donors (Lipinski definition) is 3. The van der Waals surface area contributed by atoms with Crippen molar-refractivity contribution in [2.45, 2.75) is 39.8 Å². The number of hydrogen-bond acceptors (Lipinski definition) is 4. The van der Waals surface area contributed by atoms with Gasteiger partial charge in [0, 0.05) is 11.1 Å². The molecule has 1 heterocycles. The molecule has 1 aromatic rings. The van der Waals surface area contributed by atoms with Crippen LogP contribution in [0.1, 0.15) is 30.2 Å². The quantitative estimate of drug-likeness (QED) is 0.736. The summed E-state index contributed by atoms with van der Waals surface area (Å²) in [6.07, 6.45) is 2.53. The van der Waals surface area contributed by atoms with Crippen LogP contribution in [0.2, 0.25) is 0 Å². The van der Waals surface area contributed by atoms with Crippen molar-refractivity contribution in [3.8, 4) is 0 Å². The molecule has 0 aliphatic heterocycles. The van der Waals surface area contributed by atoms with Gasteiger partial charge < -0.3 is 15.7 Å². The van der Waals surface area contributed by atoms with Gasteiger partial charge >= 0.3 is 6.03 Å². The van der Waals surface area contributed by atoms with Gasteiger partial charge in [-0.2, -0.15) is 0 Å². The highest BCUT2D eigenvalue weighted by Crippen LogP contribution is 2.10. The summed E-state index contributed by atoms with van der Waals surface area (Å²) in [6, 6.07) is -0.436. The molecular formula is C12H21N3O2S. The predicted octanol–water partition coefficient (Wildman–Crippen LogP) is 1.66. The Bertz CT molecular complexity index is 379. The molecule has 0 saturated heterocycles. The number of rotatable bonds is 6. The van der Waals surface area contributed by atoms with Crippen LogP contribution >= 0.6 is 11.3 Å². The SMILES string of the molecule is Cc1ncc(CNC(=O)N[C@H](CO)CC(C)C)s1. The fraction of sp³-hybridized carbons (Fsp3) is 0.667. The fourth-order valence-corrected chi connectivity index (χ4v) is 2.37. The summed E-state index contributed by atoms with van der Waals surface area (Å²) in [5, 5.41) is 15.7. The van der Waals surface area contributed by atoms with Gasteiger partial charge in [0.05, 0.1) is 24.2 Å². The minimum Gasteiger partial charge on any atom is -0.394 e. The lowest BCUT2D eigenvalue weighted by Gasteiger charge is -2.18. The topological polar surface area (TPSA) is 74.2 Å². The number of aliphatic hydroxyl groups is 1. The van der Waals surface area contributed by atoms with Gasteiger partial charge in [-0.15, -0.1) is 11.3 Å². The van der Waals surface area contributed by atoms with Gasteiger partial charge in [0.2, 0.25) is 0 Å². The first-order valence-electron chi connectivity index (χ1n) is 6.07. The monoisotopic (exact) mass is 271 g/mol. The Hall–Kier alpha value is -1.14. The third-order valence-corrected chi connectivity index (χ3v) is 3.32. The normalized spacial score (nSPS) is 12.5. The van der Waals surface area contributed by atoms with Crippen molar-refractivity contribution in [2.75, 3.05) is 6.61 Å². The second-order valence-electron chi connectivity index (χ2n) is 4.68. The van der Waals surface area contributed by atoms with Crippen molar-refractivity contribution in [1.29, 1.82) is 0 Å². The maximum Gasteiger partial charge on any atom is 0.315 e. The molecule has 2 amide bonds. The summed E-state index contributed by atoms with van der Waals surface area (Å²) in [6.45, 7) is 6.48. The van der Waals surface area contributed by atoms with Crippen LogP contribution in [0.5, 0.6) is 0 Å². The van der Waals surface area contributed by atoms with E-state index in [0.29, 0.717) is 12.5 Å². The minimum atomic E-state index is -0.249. The summed E-state index contributed by atoms with van der Waals surface area (Å²) >= 11 is 1.56. The van der Waals surface area contributed by atoms with Crippen LogP contribution in [0.15, 0.2) is 6.20 Å². The van der Waals surface area contributed by atoms with E-state index in [2.05, 4.69) is 29.5 Å². The standard InChI is InChI=1S/C12H21N3O2S/c1-8(2)4-10(7-16)15-12(17)14-6-11-5-13-9(3)18-11/h5,8,10,16H,4,6-7H2,1-3H3,(H2,14,15,17)/t10-/m0/s1. The molecule has 0 fully saturated rings. The molecule has 102 valence electrons. The highest BCUT2D eigenvalue weighted by atomic mass is 32.1. The van der Waals surface area contributed by atoms with Gasteiger partial charge in [0.1, 0.15) is 0 Å². The smallest absolute Gasteiger partial charge is 0.315 e. The van der Waals surface area contributed by atoms with Crippen LogP contribution in [0.4, 0.5) is 4.79 Å². The van der Waals surface area contributed by atoms with E-state index < -0.39 is 0 Å². The van der Waals surface area contributed by atoms with Crippen molar-refractivity contribution in [3.05, 3.63) is 16.1 Å². The Labute approximate surface area is 112 Å². The molecule has 6 heteroatoms. The van der Waals surface area contributed by atoms with Crippen molar-refractivity contribution in [3.63, 3.8) is 0 Å². The Morgan fingerprint density at radius 3 is 2.78 bits per heavy atom. The molecule has 0 aliphatic rings. The second-order valence-corrected chi connectivity index (χ2v) is 6.00. The number of aryl methyl sites for hydroxylation is 1. The van der Waals surface area contributed by atoms with E-state index in [-0.39, 0.29) is 18.7 Å². The lowest BCUT2D eigenvalue weighted by molar-refractivity contribution is 0.207. The summed E-state index contributed by atoms with van der Waals surface area (Å²) < 4.78 is 0. The zero-order chi connectivity index (χ0) is 13.5. The van der Waals surface area contributed by atoms with Gasteiger partial charge in [-0.25, -0.2) is 9.78 Å². The van der Waals surface area contributed by atoms with Gasteiger partial charge in [-0.3, -0.25) is 0 Å². The Morgan fingerprint density at radius 1 is 1.56 bits per heavy atom. The number of aromatic nitrogens is 1. The predicted molar refractivity (Wildman–Crippen MR) is 72.6 cm³/mol. The zero-order valence-corrected chi connectivity index (χ0v) is 11.9. The van der Waals surface area contributed by atoms with Crippen LogP contribution in [0.25, 0.3) is 0 Å². The maximum atomic E-state index is 11.6. The largest absolute Gasteiger partial charge is 0.394 e. The average Bonchev–Trinajstić information content (AvgIpc) is 2.71. The van der Waals surface area contributed by atoms with E-state index in [1.807, 2.05) is 6.92 Å². The summed E-state index contributed by atoms with van der Waals surface area (Å²) in [5.41, 5.74) is 0. The number of nitrogens with one attached hydrogen (secondary N) is 2. The Balaban J connectivity index is 2.32. The molecule has 5 nitrogen and oxygen atoms in total. The molecule has 0 bridgehead atoms. The summed E-state index contributed by atoms with van der Waals surface area (Å²) in [4.78, 5) is 16.8. The van der Waals surface area contributed by atoms with Crippen LogP contribution in [0.3, 0.4) is 0 Å². The van der Waals surface area contributed by atoms with Crippen LogP contribution < -0.4 is 10.6 Å². The van der Waals surface area contributed by atoms with Gasteiger partial charge in [0.15, 0.2) is 0 Å². The first-order chi connectivity index (χ1) is 8.51. The molecule has 0 spiro atoms. The molecular weight excluding hydrogens is 250 g/mol. The number of thiazole rings is 1. The minimum absolute atomic E-state index is 0.0364. The van der Waals surface area contributed by atoms with Crippen molar-refractivity contribution in [1.82, 2.24) is 15.6 Å². The molecule has 0 aromatic carbocycles. The van der Waals surface area contributed by atoms with Crippen LogP contribution in [-0.2, 0) is 6.54 Å². The third-order valence-electron chi connectivity index (χ3n) is 2.40. The Morgan fingerprint density at radius 2 is 2.28 bits per heavy atom. The van der Waals surface area contributed by atoms with Gasteiger partial charge in [-0.1, -0.05) is 13.8 Å². The van der Waals surface area contributed by atoms with Crippen molar-refractivity contribution >= 4 is 17.4 Å². The first-order valence-corrected chi connectivity index (χ1v) is 6.89. The van der Waals surface area contributed by atoms with E-state index in [9.17, 15) is 4.79 Å². The number of nitrogens with zero attached hydrogens (tertiary/aromatic N) is 1. The van der Waals surface area contributed by atoms with E-state index in [4.69, 9.17) is 5.11 Å². The number of aliphatic hydroxyl groups excluding tert-OH is 1. The van der Waals surface area contributed by atoms with Gasteiger partial charge in [-0.05, 0) is 19.3 Å². The molecule has 3 N–H and O–H groups in total. The van der Waals surface area contributed by atoms with Crippen molar-refractivity contribution < 1.29 is 9.90 Å². The van der Waals surface area contributed by atoms with E-state index >= 15 is 0 Å². The summed E-state index contributed by atoms with van der Waals surface area (Å²) in [7, 11) is 0. The van der Waals surface area contributed by atoms with E-state index in [0.717, 1.165) is 16.3 Å². The highest BCUT2D eigenvalue weighted by Gasteiger charge is 2.12. The number of carbonyl (C=O) groups excluding carboxylic acids is 1. The molecule has 0 saturated carbocycles. The zero-order valence-electron chi connectivity index (χ0n) is 11.1. The molecule has 18 heavy (non-hydrogen) atoms. The highest BCUT2D eigenvalue weighted by molar-refractivity contribution is 7.11. The lowest BCUT2D eigenvalue weighted by Crippen LogP contribution is -2.44. The molecule has 1 atom stereocenters. The van der Waals surface area contributed by atoms with E-state index in [1.165, 1.54) is 0 Å². The number of urea groups is 1. The number of amides is 2. The average molecular weight is 271 g/mol.